The summed E-state index contributed by atoms with van der Waals surface area (Å²) in [6, 6.07) is -0.862. The Hall–Kier alpha value is -3.51. The molecular formula is C55H95N5O20. The summed E-state index contributed by atoms with van der Waals surface area (Å²) in [5, 5.41) is 88.0. The largest absolute Gasteiger partial charge is 0.394 e. The van der Waals surface area contributed by atoms with Crippen molar-refractivity contribution >= 4 is 29.2 Å². The molecule has 460 valence electrons. The summed E-state index contributed by atoms with van der Waals surface area (Å²) in [7, 11) is 0. The zero-order valence-electron chi connectivity index (χ0n) is 48.1. The second kappa shape index (κ2) is 36.3. The first-order valence-corrected chi connectivity index (χ1v) is 28.8. The van der Waals surface area contributed by atoms with Gasteiger partial charge < -0.3 is 84.3 Å². The van der Waals surface area contributed by atoms with Crippen LogP contribution in [0.1, 0.15) is 143 Å². The van der Waals surface area contributed by atoms with Crippen molar-refractivity contribution in [2.24, 2.45) is 29.6 Å². The molecule has 80 heavy (non-hydrogen) atoms. The first-order chi connectivity index (χ1) is 38.2. The van der Waals surface area contributed by atoms with Crippen molar-refractivity contribution in [3.63, 3.8) is 0 Å². The van der Waals surface area contributed by atoms with Crippen molar-refractivity contribution in [2.75, 3.05) is 79.2 Å². The van der Waals surface area contributed by atoms with Gasteiger partial charge in [-0.05, 0) is 50.4 Å². The molecule has 3 aliphatic rings. The molecule has 4 rings (SSSR count). The van der Waals surface area contributed by atoms with E-state index in [-0.39, 0.29) is 81.2 Å². The number of unbranched alkanes of at least 4 members (excludes halogenated alkanes) is 1. The van der Waals surface area contributed by atoms with Crippen LogP contribution in [-0.4, -0.2) is 220 Å². The molecule has 0 bridgehead atoms. The maximum absolute atomic E-state index is 13.9. The predicted octanol–water partition coefficient (Wildman–Crippen LogP) is 0.575. The molecule has 25 heteroatoms. The van der Waals surface area contributed by atoms with E-state index in [4.69, 9.17) is 37.9 Å². The average Bonchev–Trinajstić information content (AvgIpc) is 3.82. The maximum Gasteiger partial charge on any atom is 0.246 e. The number of ketones is 3. The summed E-state index contributed by atoms with van der Waals surface area (Å²) in [4.78, 5) is 66.6. The van der Waals surface area contributed by atoms with Gasteiger partial charge in [-0.2, -0.15) is 0 Å². The molecular weight excluding hydrogens is 1050 g/mol. The minimum atomic E-state index is -1.82. The first-order valence-electron chi connectivity index (χ1n) is 28.8. The van der Waals surface area contributed by atoms with Gasteiger partial charge in [-0.25, -0.2) is 4.68 Å². The van der Waals surface area contributed by atoms with E-state index in [0.717, 1.165) is 19.3 Å². The Kier molecular flexibility index (Phi) is 31.3. The third-order valence-electron chi connectivity index (χ3n) is 14.6. The number of fused-ring (bicyclic) bond motifs is 1. The molecule has 3 heterocycles. The highest BCUT2D eigenvalue weighted by atomic mass is 16.7. The molecule has 0 saturated carbocycles. The summed E-state index contributed by atoms with van der Waals surface area (Å²) in [6.07, 6.45) is -11.4. The molecule has 1 aromatic heterocycles. The molecule has 2 aliphatic heterocycles. The van der Waals surface area contributed by atoms with Gasteiger partial charge in [0.2, 0.25) is 11.8 Å². The topological polar surface area (TPSA) is 356 Å². The number of carbonyl (C=O) groups excluding carboxylic acids is 5. The number of nitrogens with one attached hydrogen (secondary N) is 2. The first kappa shape index (κ1) is 69.0. The molecule has 1 aromatic rings. The molecule has 14 atom stereocenters. The zero-order valence-corrected chi connectivity index (χ0v) is 48.1. The van der Waals surface area contributed by atoms with Gasteiger partial charge in [-0.1, -0.05) is 72.9 Å². The molecule has 0 aromatic carbocycles. The van der Waals surface area contributed by atoms with Gasteiger partial charge in [0.1, 0.15) is 78.8 Å². The van der Waals surface area contributed by atoms with Gasteiger partial charge >= 0.3 is 0 Å². The Morgan fingerprint density at radius 1 is 0.713 bits per heavy atom. The lowest BCUT2D eigenvalue weighted by Gasteiger charge is -2.46. The number of nitrogens with zero attached hydrogens (tertiary/aromatic N) is 3. The molecule has 1 aliphatic carbocycles. The highest BCUT2D eigenvalue weighted by Crippen LogP contribution is 2.36. The van der Waals surface area contributed by atoms with E-state index < -0.39 is 110 Å². The molecule has 0 radical (unpaired) electrons. The quantitative estimate of drug-likeness (QED) is 0.0409. The van der Waals surface area contributed by atoms with Crippen molar-refractivity contribution in [2.45, 2.75) is 199 Å². The Labute approximate surface area is 470 Å². The van der Waals surface area contributed by atoms with Crippen LogP contribution in [0.15, 0.2) is 0 Å². The summed E-state index contributed by atoms with van der Waals surface area (Å²) in [5.74, 6) is -2.59. The van der Waals surface area contributed by atoms with Crippen LogP contribution < -0.4 is 10.6 Å². The fourth-order valence-corrected chi connectivity index (χ4v) is 9.82. The minimum Gasteiger partial charge on any atom is -0.394 e. The monoisotopic (exact) mass is 1150 g/mol. The fourth-order valence-electron chi connectivity index (χ4n) is 9.82. The Bertz CT molecular complexity index is 1990. The van der Waals surface area contributed by atoms with E-state index in [9.17, 15) is 59.7 Å². The Balaban J connectivity index is 1.29. The number of aliphatic hydroxyl groups is 7. The average molecular weight is 1150 g/mol. The number of aromatic nitrogens is 3. The van der Waals surface area contributed by atoms with Crippen molar-refractivity contribution < 1.29 is 97.6 Å². The summed E-state index contributed by atoms with van der Waals surface area (Å²) < 4.78 is 46.9. The third kappa shape index (κ3) is 21.9. The predicted molar refractivity (Wildman–Crippen MR) is 285 cm³/mol. The molecule has 2 amide bonds. The molecule has 1 unspecified atom stereocenters. The van der Waals surface area contributed by atoms with Crippen LogP contribution in [0.25, 0.3) is 0 Å². The van der Waals surface area contributed by atoms with E-state index in [2.05, 4.69) is 34.8 Å². The number of ether oxygens (including phenoxy) is 8. The minimum absolute atomic E-state index is 0.0225. The highest BCUT2D eigenvalue weighted by molar-refractivity contribution is 5.94. The van der Waals surface area contributed by atoms with Crippen LogP contribution in [0.2, 0.25) is 0 Å². The van der Waals surface area contributed by atoms with Crippen LogP contribution >= 0.6 is 0 Å². The van der Waals surface area contributed by atoms with Crippen LogP contribution in [-0.2, 0) is 68.3 Å². The Morgan fingerprint density at radius 2 is 1.36 bits per heavy atom. The highest BCUT2D eigenvalue weighted by Gasteiger charge is 2.51. The number of aliphatic hydroxyl groups excluding tert-OH is 7. The lowest BCUT2D eigenvalue weighted by molar-refractivity contribution is -0.347. The van der Waals surface area contributed by atoms with Gasteiger partial charge in [0.25, 0.3) is 0 Å². The van der Waals surface area contributed by atoms with E-state index in [0.29, 0.717) is 89.1 Å². The van der Waals surface area contributed by atoms with Crippen molar-refractivity contribution in [1.82, 2.24) is 25.6 Å². The number of amides is 2. The number of hydrogen-bond donors (Lipinski definition) is 9. The second-order valence-electron chi connectivity index (χ2n) is 22.3. The van der Waals surface area contributed by atoms with Gasteiger partial charge in [0, 0.05) is 50.2 Å². The van der Waals surface area contributed by atoms with Crippen molar-refractivity contribution in [3.8, 4) is 0 Å². The molecule has 25 nitrogen and oxygen atoms in total. The van der Waals surface area contributed by atoms with Gasteiger partial charge in [0.15, 0.2) is 18.3 Å². The molecule has 2 saturated heterocycles. The Morgan fingerprint density at radius 3 is 1.99 bits per heavy atom. The number of Topliss-reactive ketones (excluding diaryl/α,β-unsaturated/α-hetero) is 3. The van der Waals surface area contributed by atoms with Gasteiger partial charge in [0.05, 0.1) is 71.2 Å². The SMILES string of the molecule is CC(C)CCOCCOCCOCCOCCC(=O)C[C@H](CCCCNC(=O)COC1CCCCCc2c1nnn2[C@H]1O[C@H](CO)[C@@H](O[C@H]2O[C@H](CO)[C@@H](O)[C@H](O)[C@H]2O)[C@H](O)[C@H]1O)C(=O)N[C@H](C(=O)C[C@@H](C)C(=O)C(C)C)C(C)C. The third-order valence-corrected chi connectivity index (χ3v) is 14.6. The lowest BCUT2D eigenvalue weighted by atomic mass is 9.87. The number of rotatable bonds is 38. The van der Waals surface area contributed by atoms with Crippen LogP contribution in [0.5, 0.6) is 0 Å². The van der Waals surface area contributed by atoms with E-state index in [1.807, 2.05) is 13.8 Å². The molecule has 0 spiro atoms. The summed E-state index contributed by atoms with van der Waals surface area (Å²) in [6.45, 7) is 14.8. The fraction of sp³-hybridized carbons (Fsp3) is 0.873. The summed E-state index contributed by atoms with van der Waals surface area (Å²) >= 11 is 0. The maximum atomic E-state index is 13.9. The van der Waals surface area contributed by atoms with Crippen molar-refractivity contribution in [1.29, 1.82) is 0 Å². The van der Waals surface area contributed by atoms with E-state index in [1.165, 1.54) is 4.68 Å². The van der Waals surface area contributed by atoms with E-state index in [1.54, 1.807) is 20.8 Å². The van der Waals surface area contributed by atoms with Crippen LogP contribution in [0.4, 0.5) is 0 Å². The smallest absolute Gasteiger partial charge is 0.246 e. The second-order valence-corrected chi connectivity index (χ2v) is 22.3. The lowest BCUT2D eigenvalue weighted by Crippen LogP contribution is -2.63. The number of hydrogen-bond acceptors (Lipinski definition) is 22. The normalized spacial score (nSPS) is 26.6. The van der Waals surface area contributed by atoms with Gasteiger partial charge in [-0.15, -0.1) is 5.10 Å². The van der Waals surface area contributed by atoms with E-state index >= 15 is 0 Å². The van der Waals surface area contributed by atoms with Gasteiger partial charge in [-0.3, -0.25) is 24.0 Å². The molecule has 2 fully saturated rings. The van der Waals surface area contributed by atoms with Crippen LogP contribution in [0, 0.1) is 29.6 Å². The van der Waals surface area contributed by atoms with Crippen LogP contribution in [0.3, 0.4) is 0 Å². The molecule has 9 N–H and O–H groups in total. The zero-order chi connectivity index (χ0) is 58.9. The summed E-state index contributed by atoms with van der Waals surface area (Å²) in [5.41, 5.74) is 0.909. The standard InChI is InChI=1S/C55H95N5O20/c1-32(2)16-19-73-21-23-75-25-26-76-24-22-74-20-17-37(63)28-36(53(72)57-44(33(3)4)39(64)27-35(7)46(66)34(5)6)13-11-12-18-56-43(65)31-77-40-15-10-8-9-14-38-45(40)58-59-60(38)54-50(70)49(69)52(42(30-62)78-54)80-55-51(71)48(68)47(67)41(29-61)79-55/h32-36,40-42,44,47-52,54-55,61-62,67-71H,8-31H2,1-7H3,(H,56,65)(H,57,72)/t35-,36+,40?,41-,42-,44+,47-,48+,49-,50-,51-,52-,54+,55-/m1/s1. The van der Waals surface area contributed by atoms with Crippen molar-refractivity contribution in [3.05, 3.63) is 11.4 Å². The number of carbonyl (C=O) groups is 5.